The zero-order valence-corrected chi connectivity index (χ0v) is 13.0. The predicted octanol–water partition coefficient (Wildman–Crippen LogP) is 2.88. The first-order valence-electron chi connectivity index (χ1n) is 6.99. The third kappa shape index (κ3) is 2.71. The molecule has 0 fully saturated rings. The maximum Gasteiger partial charge on any atom is 0.223 e. The third-order valence-electron chi connectivity index (χ3n) is 3.55. The standard InChI is InChI=1S/C16H14FN5O/c1-9-4-12(17)5-13-15(9)19-7-11(6-18)16(13)22(3)8-14-20-10(2)23-21-14/h4-5,7H,8H2,1-3H3. The van der Waals surface area contributed by atoms with Crippen molar-refractivity contribution in [2.75, 3.05) is 11.9 Å². The van der Waals surface area contributed by atoms with Gasteiger partial charge in [0.2, 0.25) is 5.89 Å². The molecule has 0 atom stereocenters. The van der Waals surface area contributed by atoms with Crippen molar-refractivity contribution in [2.24, 2.45) is 0 Å². The molecule has 0 N–H and O–H groups in total. The van der Waals surface area contributed by atoms with Crippen molar-refractivity contribution in [3.05, 3.63) is 47.0 Å². The van der Waals surface area contributed by atoms with Gasteiger partial charge in [0, 0.05) is 25.6 Å². The highest BCUT2D eigenvalue weighted by Gasteiger charge is 2.17. The molecule has 0 aliphatic rings. The minimum atomic E-state index is -0.364. The second-order valence-electron chi connectivity index (χ2n) is 5.34. The lowest BCUT2D eigenvalue weighted by Crippen LogP contribution is -2.19. The molecule has 1 aromatic carbocycles. The van der Waals surface area contributed by atoms with Crippen LogP contribution in [-0.4, -0.2) is 22.2 Å². The Morgan fingerprint density at radius 2 is 2.13 bits per heavy atom. The summed E-state index contributed by atoms with van der Waals surface area (Å²) < 4.78 is 18.8. The minimum absolute atomic E-state index is 0.334. The van der Waals surface area contributed by atoms with Crippen LogP contribution >= 0.6 is 0 Å². The maximum atomic E-state index is 13.8. The maximum absolute atomic E-state index is 13.8. The zero-order valence-electron chi connectivity index (χ0n) is 13.0. The number of nitriles is 1. The third-order valence-corrected chi connectivity index (χ3v) is 3.55. The Kier molecular flexibility index (Phi) is 3.66. The zero-order chi connectivity index (χ0) is 16.6. The first-order chi connectivity index (χ1) is 11.0. The van der Waals surface area contributed by atoms with Gasteiger partial charge in [0.1, 0.15) is 11.9 Å². The summed E-state index contributed by atoms with van der Waals surface area (Å²) in [6.45, 7) is 3.83. The largest absolute Gasteiger partial charge is 0.365 e. The van der Waals surface area contributed by atoms with Crippen molar-refractivity contribution in [3.8, 4) is 6.07 Å². The molecule has 6 nitrogen and oxygen atoms in total. The number of aryl methyl sites for hydroxylation is 2. The first kappa shape index (κ1) is 14.9. The van der Waals surface area contributed by atoms with Crippen LogP contribution in [-0.2, 0) is 6.54 Å². The van der Waals surface area contributed by atoms with E-state index >= 15 is 0 Å². The normalized spacial score (nSPS) is 10.7. The number of hydrogen-bond donors (Lipinski definition) is 0. The fourth-order valence-corrected chi connectivity index (χ4v) is 2.61. The van der Waals surface area contributed by atoms with Gasteiger partial charge in [0.15, 0.2) is 5.82 Å². The second kappa shape index (κ2) is 5.65. The number of halogens is 1. The number of rotatable bonds is 3. The van der Waals surface area contributed by atoms with Crippen LogP contribution in [0.5, 0.6) is 0 Å². The van der Waals surface area contributed by atoms with Crippen LogP contribution in [0.3, 0.4) is 0 Å². The van der Waals surface area contributed by atoms with Crippen molar-refractivity contribution >= 4 is 16.6 Å². The Bertz CT molecular complexity index is 928. The predicted molar refractivity (Wildman–Crippen MR) is 82.3 cm³/mol. The molecule has 0 radical (unpaired) electrons. The molecule has 2 aromatic heterocycles. The highest BCUT2D eigenvalue weighted by molar-refractivity contribution is 5.96. The topological polar surface area (TPSA) is 78.8 Å². The van der Waals surface area contributed by atoms with Gasteiger partial charge in [-0.1, -0.05) is 5.16 Å². The SMILES string of the molecule is Cc1nc(CN(C)c2c(C#N)cnc3c(C)cc(F)cc23)no1. The average molecular weight is 311 g/mol. The van der Waals surface area contributed by atoms with E-state index in [4.69, 9.17) is 4.52 Å². The second-order valence-corrected chi connectivity index (χ2v) is 5.34. The molecule has 0 aliphatic carbocycles. The summed E-state index contributed by atoms with van der Waals surface area (Å²) in [6.07, 6.45) is 1.50. The molecule has 23 heavy (non-hydrogen) atoms. The highest BCUT2D eigenvalue weighted by Crippen LogP contribution is 2.31. The number of aromatic nitrogens is 3. The Morgan fingerprint density at radius 3 is 2.78 bits per heavy atom. The lowest BCUT2D eigenvalue weighted by atomic mass is 10.1. The molecule has 0 unspecified atom stereocenters. The molecular weight excluding hydrogens is 297 g/mol. The monoisotopic (exact) mass is 311 g/mol. The molecule has 116 valence electrons. The van der Waals surface area contributed by atoms with E-state index in [0.717, 1.165) is 5.56 Å². The Morgan fingerprint density at radius 1 is 1.35 bits per heavy atom. The van der Waals surface area contributed by atoms with Crippen LogP contribution in [0.4, 0.5) is 10.1 Å². The number of pyridine rings is 1. The first-order valence-corrected chi connectivity index (χ1v) is 6.99. The summed E-state index contributed by atoms with van der Waals surface area (Å²) in [5, 5.41) is 13.8. The van der Waals surface area contributed by atoms with Gasteiger partial charge in [-0.3, -0.25) is 4.98 Å². The fraction of sp³-hybridized carbons (Fsp3) is 0.250. The van der Waals surface area contributed by atoms with Gasteiger partial charge < -0.3 is 9.42 Å². The summed E-state index contributed by atoms with van der Waals surface area (Å²) >= 11 is 0. The number of nitrogens with zero attached hydrogens (tertiary/aromatic N) is 5. The molecule has 3 rings (SSSR count). The molecule has 2 heterocycles. The lowest BCUT2D eigenvalue weighted by Gasteiger charge is -2.21. The minimum Gasteiger partial charge on any atom is -0.365 e. The summed E-state index contributed by atoms with van der Waals surface area (Å²) in [7, 11) is 1.79. The van der Waals surface area contributed by atoms with Gasteiger partial charge in [-0.05, 0) is 24.6 Å². The fourth-order valence-electron chi connectivity index (χ4n) is 2.61. The smallest absolute Gasteiger partial charge is 0.223 e. The van der Waals surface area contributed by atoms with E-state index in [9.17, 15) is 9.65 Å². The van der Waals surface area contributed by atoms with Crippen LogP contribution in [0.2, 0.25) is 0 Å². The summed E-state index contributed by atoms with van der Waals surface area (Å²) in [5.74, 6) is 0.597. The van der Waals surface area contributed by atoms with Crippen molar-refractivity contribution in [1.29, 1.82) is 5.26 Å². The molecule has 0 saturated carbocycles. The van der Waals surface area contributed by atoms with Gasteiger partial charge in [-0.2, -0.15) is 10.2 Å². The molecule has 0 bridgehead atoms. The number of fused-ring (bicyclic) bond motifs is 1. The quantitative estimate of drug-likeness (QED) is 0.740. The summed E-state index contributed by atoms with van der Waals surface area (Å²) in [6, 6.07) is 4.92. The van der Waals surface area contributed by atoms with Gasteiger partial charge in [-0.15, -0.1) is 0 Å². The number of benzene rings is 1. The van der Waals surface area contributed by atoms with Gasteiger partial charge in [0.25, 0.3) is 0 Å². The molecule has 0 saturated heterocycles. The van der Waals surface area contributed by atoms with Crippen molar-refractivity contribution in [3.63, 3.8) is 0 Å². The van der Waals surface area contributed by atoms with Crippen molar-refractivity contribution in [2.45, 2.75) is 20.4 Å². The van der Waals surface area contributed by atoms with Gasteiger partial charge in [-0.25, -0.2) is 4.39 Å². The molecule has 0 spiro atoms. The van der Waals surface area contributed by atoms with E-state index in [1.807, 2.05) is 0 Å². The molecule has 0 amide bonds. The summed E-state index contributed by atoms with van der Waals surface area (Å²) in [5.41, 5.74) is 2.35. The highest BCUT2D eigenvalue weighted by atomic mass is 19.1. The van der Waals surface area contributed by atoms with E-state index in [1.54, 1.807) is 25.8 Å². The van der Waals surface area contributed by atoms with Crippen molar-refractivity contribution < 1.29 is 8.91 Å². The van der Waals surface area contributed by atoms with E-state index in [1.165, 1.54) is 18.3 Å². The van der Waals surface area contributed by atoms with Crippen molar-refractivity contribution in [1.82, 2.24) is 15.1 Å². The molecule has 0 aliphatic heterocycles. The number of anilines is 1. The lowest BCUT2D eigenvalue weighted by molar-refractivity contribution is 0.387. The van der Waals surface area contributed by atoms with E-state index in [0.29, 0.717) is 40.4 Å². The molecule has 3 aromatic rings. The van der Waals surface area contributed by atoms with E-state index in [-0.39, 0.29) is 5.82 Å². The van der Waals surface area contributed by atoms with Crippen LogP contribution in [0.15, 0.2) is 22.9 Å². The van der Waals surface area contributed by atoms with Crippen LogP contribution in [0.1, 0.15) is 22.8 Å². The Balaban J connectivity index is 2.15. The van der Waals surface area contributed by atoms with Gasteiger partial charge >= 0.3 is 0 Å². The summed E-state index contributed by atoms with van der Waals surface area (Å²) in [4.78, 5) is 10.2. The van der Waals surface area contributed by atoms with Gasteiger partial charge in [0.05, 0.1) is 23.3 Å². The van der Waals surface area contributed by atoms with E-state index < -0.39 is 0 Å². The van der Waals surface area contributed by atoms with E-state index in [2.05, 4.69) is 21.2 Å². The number of hydrogen-bond acceptors (Lipinski definition) is 6. The van der Waals surface area contributed by atoms with Crippen LogP contribution in [0.25, 0.3) is 10.9 Å². The Hall–Kier alpha value is -3.01. The van der Waals surface area contributed by atoms with Crippen LogP contribution < -0.4 is 4.90 Å². The Labute approximate surface area is 132 Å². The van der Waals surface area contributed by atoms with Crippen LogP contribution in [0, 0.1) is 31.0 Å². The molecular formula is C16H14FN5O. The molecule has 7 heteroatoms. The average Bonchev–Trinajstić information content (AvgIpc) is 2.90.